The van der Waals surface area contributed by atoms with Crippen LogP contribution in [0.4, 0.5) is 5.82 Å². The number of fused-ring (bicyclic) bond motifs is 2. The Balaban J connectivity index is 0.00000114. The van der Waals surface area contributed by atoms with Gasteiger partial charge in [-0.2, -0.15) is 10.5 Å². The van der Waals surface area contributed by atoms with E-state index in [1.807, 2.05) is 125 Å². The Kier molecular flexibility index (Phi) is 45.8. The number of benzene rings is 5. The second kappa shape index (κ2) is 50.0. The average molecular weight is 1620 g/mol. The van der Waals surface area contributed by atoms with E-state index in [4.69, 9.17) is 27.9 Å². The van der Waals surface area contributed by atoms with Crippen molar-refractivity contribution < 1.29 is 38.7 Å². The molecule has 100 heavy (non-hydrogen) atoms. The van der Waals surface area contributed by atoms with Gasteiger partial charge < -0.3 is 37.8 Å². The van der Waals surface area contributed by atoms with Crippen LogP contribution < -0.4 is 32.7 Å². The maximum Gasteiger partial charge on any atom is 0.256 e. The minimum atomic E-state index is -0.407. The largest absolute Gasteiger partial charge is 0.494 e. The van der Waals surface area contributed by atoms with E-state index in [1.165, 1.54) is 32.1 Å². The third-order valence-electron chi connectivity index (χ3n) is 12.9. The summed E-state index contributed by atoms with van der Waals surface area (Å²) in [5.74, 6) is 1.10. The van der Waals surface area contributed by atoms with Crippen LogP contribution >= 0.6 is 115 Å². The molecule has 532 valence electrons. The molecule has 1 atom stereocenters. The van der Waals surface area contributed by atoms with Crippen molar-refractivity contribution in [3.8, 4) is 18.0 Å². The number of nitriles is 2. The van der Waals surface area contributed by atoms with Gasteiger partial charge in [0.05, 0.1) is 52.6 Å². The second-order valence-electron chi connectivity index (χ2n) is 20.6. The Morgan fingerprint density at radius 2 is 0.960 bits per heavy atom. The molecular formula is C72H82Br2Cl3N11O8S4. The van der Waals surface area contributed by atoms with E-state index in [9.17, 15) is 38.7 Å². The number of carbonyl (C=O) groups is 7. The predicted octanol–water partition coefficient (Wildman–Crippen LogP) is 15.8. The van der Waals surface area contributed by atoms with Crippen LogP contribution in [0.3, 0.4) is 0 Å². The average Bonchev–Trinajstić information content (AvgIpc) is 1.63. The standard InChI is InChI=1S/C16H16N2OS.C13H14N2OS.C9H10N2OS.C9H8N2O.C9H11NOS.C7H5ClO.C4H7BrO.C3H5BrO.C2H4N2.2ClH/c1-10-9-14-18(11(2)12(3)20-14)15(10)17-16(19)13-7-5-4-6-8-13;1-9-10(2)17-12(15-9)8-14-13(16)11-6-4-3-5-7-11;10-8(13)6-11-9(12)7-4-2-1-3-5-7;10-6-7-11-9(12)8-4-2-1-3-5-8;1-5-4-8-10(9(5)11)6(2)7(3)12-8;8-7(9)6-4-2-1-3-5-6;1-3(5)4(2)6;1-3(5)2-4;3-1-2-4;;/h4-9H,1-3H3,(H,17,19);3-7H,8H2,1-2H3,(H,14,16);1-5H,6H2,(H2,10,13)(H,11,12);1-5H,7H2,(H,11,12);4,11H,1-3H3;1-5H;3H,1-2H3;2H2,1H3;1,3H2;2*1H. The highest BCUT2D eigenvalue weighted by Crippen LogP contribution is 2.32. The first-order valence-corrected chi connectivity index (χ1v) is 35.1. The number of amides is 4. The molecule has 1 unspecified atom stereocenters. The summed E-state index contributed by atoms with van der Waals surface area (Å²) in [5.41, 5.74) is 18.4. The van der Waals surface area contributed by atoms with Crippen LogP contribution in [0.2, 0.25) is 0 Å². The Hall–Kier alpha value is -8.44. The number of halogens is 5. The van der Waals surface area contributed by atoms with Crippen molar-refractivity contribution >= 4 is 175 Å². The van der Waals surface area contributed by atoms with Crippen LogP contribution in [-0.2, 0) is 16.1 Å². The molecule has 0 aliphatic heterocycles. The molecule has 19 nitrogen and oxygen atoms in total. The molecule has 5 aromatic heterocycles. The summed E-state index contributed by atoms with van der Waals surface area (Å²) in [5, 5.41) is 37.3. The molecule has 0 spiro atoms. The molecule has 0 aliphatic rings. The van der Waals surface area contributed by atoms with Crippen LogP contribution in [0.15, 0.2) is 164 Å². The number of hydrogen-bond acceptors (Lipinski definition) is 16. The summed E-state index contributed by atoms with van der Waals surface area (Å²) in [6.07, 6.45) is 0. The Bertz CT molecular complexity index is 4220. The molecule has 9 N–H and O–H groups in total. The second-order valence-corrected chi connectivity index (χ2v) is 27.1. The summed E-state index contributed by atoms with van der Waals surface area (Å²) in [4.78, 5) is 87.5. The molecule has 0 aliphatic carbocycles. The quantitative estimate of drug-likeness (QED) is 0.0244. The van der Waals surface area contributed by atoms with Crippen LogP contribution in [0, 0.1) is 78.1 Å². The number of ketones is 2. The molecule has 5 heterocycles. The highest BCUT2D eigenvalue weighted by Gasteiger charge is 2.17. The predicted molar refractivity (Wildman–Crippen MR) is 424 cm³/mol. The number of rotatable bonds is 13. The topological polar surface area (TPSA) is 309 Å². The number of anilines is 1. The lowest BCUT2D eigenvalue weighted by Crippen LogP contribution is -2.32. The molecule has 28 heteroatoms. The molecule has 10 aromatic rings. The van der Waals surface area contributed by atoms with Crippen molar-refractivity contribution in [3.63, 3.8) is 0 Å². The van der Waals surface area contributed by atoms with E-state index in [-0.39, 0.29) is 89.5 Å². The van der Waals surface area contributed by atoms with Gasteiger partial charge in [0, 0.05) is 59.4 Å². The SMILES string of the molecule is CC(=O)C(C)Br.CC(=O)CBr.Cc1cc2sc(C)c(C)n2c1NC(=O)c1ccccc1.Cc1cc2sc(C)c(C)n2c1O.Cc1nc(CNC(=O)c2ccccc2)sc1C.Cl.Cl.N#CCN.N#CCNC(=O)c1ccccc1.NC(=S)CNC(=O)c1ccccc1.O=C(Cl)c1ccccc1. The molecule has 0 fully saturated rings. The maximum absolute atomic E-state index is 12.3. The lowest BCUT2D eigenvalue weighted by Gasteiger charge is -2.07. The zero-order valence-corrected chi connectivity index (χ0v) is 65.8. The van der Waals surface area contributed by atoms with Crippen LogP contribution in [0.1, 0.15) is 120 Å². The lowest BCUT2D eigenvalue weighted by atomic mass is 10.2. The first-order valence-electron chi connectivity index (χ1n) is 29.8. The van der Waals surface area contributed by atoms with E-state index >= 15 is 0 Å². The molecule has 0 saturated heterocycles. The van der Waals surface area contributed by atoms with Crippen LogP contribution in [0.5, 0.6) is 5.88 Å². The number of aryl methyl sites for hydroxylation is 8. The number of aromatic hydroxyl groups is 1. The van der Waals surface area contributed by atoms with E-state index in [1.54, 1.807) is 132 Å². The third kappa shape index (κ3) is 33.6. The summed E-state index contributed by atoms with van der Waals surface area (Å²) in [6, 6.07) is 52.6. The number of nitrogens with zero attached hydrogens (tertiary/aromatic N) is 5. The fraction of sp³-hybridized carbons (Fsp3) is 0.236. The molecule has 0 bridgehead atoms. The van der Waals surface area contributed by atoms with Crippen LogP contribution in [-0.4, -0.2) is 94.1 Å². The van der Waals surface area contributed by atoms with Crippen molar-refractivity contribution in [2.75, 3.05) is 30.3 Å². The van der Waals surface area contributed by atoms with Crippen molar-refractivity contribution in [2.45, 2.75) is 87.5 Å². The Morgan fingerprint density at radius 3 is 1.29 bits per heavy atom. The summed E-state index contributed by atoms with van der Waals surface area (Å²) >= 11 is 20.9. The Morgan fingerprint density at radius 1 is 0.600 bits per heavy atom. The number of thiazole rings is 3. The van der Waals surface area contributed by atoms with E-state index in [0.29, 0.717) is 45.6 Å². The van der Waals surface area contributed by atoms with Gasteiger partial charge in [0.1, 0.15) is 38.6 Å². The molecule has 5 aromatic carbocycles. The van der Waals surface area contributed by atoms with E-state index in [2.05, 4.69) is 107 Å². The summed E-state index contributed by atoms with van der Waals surface area (Å²) in [6.45, 7) is 22.0. The minimum Gasteiger partial charge on any atom is -0.494 e. The number of hydrogen-bond donors (Lipinski definition) is 7. The monoisotopic (exact) mass is 1620 g/mol. The molecule has 0 saturated carbocycles. The van der Waals surface area contributed by atoms with Gasteiger partial charge in [0.2, 0.25) is 0 Å². The van der Waals surface area contributed by atoms with Gasteiger partial charge in [-0.1, -0.05) is 147 Å². The normalized spacial score (nSPS) is 9.73. The smallest absolute Gasteiger partial charge is 0.256 e. The van der Waals surface area contributed by atoms with Gasteiger partial charge in [0.25, 0.3) is 28.9 Å². The highest BCUT2D eigenvalue weighted by atomic mass is 79.9. The first kappa shape index (κ1) is 91.6. The Labute approximate surface area is 635 Å². The highest BCUT2D eigenvalue weighted by molar-refractivity contribution is 9.10. The van der Waals surface area contributed by atoms with Crippen molar-refractivity contribution in [2.24, 2.45) is 11.5 Å². The fourth-order valence-corrected chi connectivity index (χ4v) is 10.7. The molecule has 0 radical (unpaired) electrons. The van der Waals surface area contributed by atoms with Crippen molar-refractivity contribution in [3.05, 3.63) is 239 Å². The molecule has 10 rings (SSSR count). The first-order chi connectivity index (χ1) is 46.5. The fourth-order valence-electron chi connectivity index (χ4n) is 7.41. The van der Waals surface area contributed by atoms with E-state index in [0.717, 1.165) is 38.2 Å². The van der Waals surface area contributed by atoms with Crippen molar-refractivity contribution in [1.82, 2.24) is 29.7 Å². The molecular weight excluding hydrogens is 1540 g/mol. The number of nitrogens with two attached hydrogens (primary N) is 2. The van der Waals surface area contributed by atoms with Gasteiger partial charge in [0.15, 0.2) is 5.88 Å². The van der Waals surface area contributed by atoms with Gasteiger partial charge in [-0.25, -0.2) is 4.98 Å². The zero-order valence-electron chi connectivity index (χ0n) is 57.0. The summed E-state index contributed by atoms with van der Waals surface area (Å²) in [7, 11) is 0. The van der Waals surface area contributed by atoms with Crippen LogP contribution in [0.25, 0.3) is 9.66 Å². The zero-order chi connectivity index (χ0) is 73.4. The lowest BCUT2D eigenvalue weighted by molar-refractivity contribution is -0.116. The number of alkyl halides is 2. The van der Waals surface area contributed by atoms with Gasteiger partial charge in [-0.05, 0) is 154 Å². The van der Waals surface area contributed by atoms with Gasteiger partial charge >= 0.3 is 0 Å². The number of Topliss-reactive ketones (excluding diaryl/α,β-unsaturated/α-hetero) is 2. The number of nitrogens with one attached hydrogen (secondary N) is 4. The third-order valence-corrected chi connectivity index (χ3v) is 18.0. The van der Waals surface area contributed by atoms with Gasteiger partial charge in [-0.15, -0.1) is 58.8 Å². The maximum atomic E-state index is 12.3. The summed E-state index contributed by atoms with van der Waals surface area (Å²) < 4.78 is 4.02. The van der Waals surface area contributed by atoms with E-state index < -0.39 is 5.24 Å². The number of aromatic nitrogens is 3. The number of thiocarbonyl (C=S) groups is 1. The molecule has 4 amide bonds. The van der Waals surface area contributed by atoms with Crippen molar-refractivity contribution in [1.29, 1.82) is 10.5 Å². The van der Waals surface area contributed by atoms with Gasteiger partial charge in [-0.3, -0.25) is 42.4 Å². The number of carbonyl (C=O) groups excluding carboxylic acids is 7. The minimum absolute atomic E-state index is 0.